The minimum absolute atomic E-state index is 0.192. The Morgan fingerprint density at radius 1 is 1.21 bits per heavy atom. The molecule has 0 fully saturated rings. The number of ether oxygens (including phenoxy) is 1. The maximum atomic E-state index is 12.2. The Hall–Kier alpha value is -2.44. The van der Waals surface area contributed by atoms with Gasteiger partial charge in [-0.25, -0.2) is 0 Å². The summed E-state index contributed by atoms with van der Waals surface area (Å²) in [5.74, 6) is 1.13. The number of amides is 1. The van der Waals surface area contributed by atoms with Gasteiger partial charge < -0.3 is 14.5 Å². The summed E-state index contributed by atoms with van der Waals surface area (Å²) in [6, 6.07) is 8.89. The third kappa shape index (κ3) is 5.09. The number of furan rings is 1. The summed E-state index contributed by atoms with van der Waals surface area (Å²) in [7, 11) is 0. The van der Waals surface area contributed by atoms with Crippen molar-refractivity contribution in [2.45, 2.75) is 33.4 Å². The van der Waals surface area contributed by atoms with Crippen molar-refractivity contribution in [3.05, 3.63) is 69.4 Å². The second-order valence-electron chi connectivity index (χ2n) is 6.38. The molecule has 28 heavy (non-hydrogen) atoms. The van der Waals surface area contributed by atoms with Gasteiger partial charge in [0.25, 0.3) is 5.91 Å². The predicted molar refractivity (Wildman–Crippen MR) is 108 cm³/mol. The molecule has 0 saturated carbocycles. The summed E-state index contributed by atoms with van der Waals surface area (Å²) >= 11 is 12.1. The van der Waals surface area contributed by atoms with Gasteiger partial charge in [-0.2, -0.15) is 5.10 Å². The molecule has 0 saturated heterocycles. The Balaban J connectivity index is 1.46. The van der Waals surface area contributed by atoms with Gasteiger partial charge in [-0.05, 0) is 44.0 Å². The molecule has 0 aliphatic heterocycles. The molecule has 0 unspecified atom stereocenters. The van der Waals surface area contributed by atoms with Crippen LogP contribution in [0.1, 0.15) is 34.0 Å². The zero-order valence-corrected chi connectivity index (χ0v) is 17.2. The number of rotatable bonds is 8. The fourth-order valence-electron chi connectivity index (χ4n) is 2.66. The standard InChI is InChI=1S/C20H21Cl2N3O3/c1-13-5-3-6-16(21)19(13)27-12-15-7-8-18(28-15)20(26)23-9-4-10-25-11-17(22)14(2)24-25/h3,5-8,11H,4,9-10,12H2,1-2H3,(H,23,26). The van der Waals surface area contributed by atoms with E-state index < -0.39 is 0 Å². The predicted octanol–water partition coefficient (Wildman–Crippen LogP) is 4.80. The highest BCUT2D eigenvalue weighted by molar-refractivity contribution is 6.32. The van der Waals surface area contributed by atoms with E-state index in [4.69, 9.17) is 32.4 Å². The fraction of sp³-hybridized carbons (Fsp3) is 0.300. The lowest BCUT2D eigenvalue weighted by Crippen LogP contribution is -2.24. The van der Waals surface area contributed by atoms with Crippen molar-refractivity contribution in [2.24, 2.45) is 0 Å². The summed E-state index contributed by atoms with van der Waals surface area (Å²) in [5.41, 5.74) is 1.73. The third-order valence-electron chi connectivity index (χ3n) is 4.14. The Kier molecular flexibility index (Phi) is 6.65. The molecular weight excluding hydrogens is 401 g/mol. The molecule has 1 aromatic carbocycles. The number of para-hydroxylation sites is 1. The summed E-state index contributed by atoms with van der Waals surface area (Å²) in [6.07, 6.45) is 2.50. The molecule has 2 aromatic heterocycles. The topological polar surface area (TPSA) is 69.3 Å². The number of benzene rings is 1. The van der Waals surface area contributed by atoms with Crippen molar-refractivity contribution in [2.75, 3.05) is 6.54 Å². The molecule has 0 spiro atoms. The van der Waals surface area contributed by atoms with Crippen molar-refractivity contribution >= 4 is 29.1 Å². The zero-order chi connectivity index (χ0) is 20.1. The van der Waals surface area contributed by atoms with Crippen LogP contribution >= 0.6 is 23.2 Å². The van der Waals surface area contributed by atoms with E-state index in [0.717, 1.165) is 17.7 Å². The number of aryl methyl sites for hydroxylation is 3. The minimum atomic E-state index is -0.269. The second kappa shape index (κ2) is 9.17. The average Bonchev–Trinajstić information content (AvgIpc) is 3.25. The minimum Gasteiger partial charge on any atom is -0.484 e. The van der Waals surface area contributed by atoms with E-state index in [1.54, 1.807) is 29.1 Å². The number of nitrogens with one attached hydrogen (secondary N) is 1. The Bertz CT molecular complexity index is 926. The van der Waals surface area contributed by atoms with Gasteiger partial charge >= 0.3 is 0 Å². The van der Waals surface area contributed by atoms with Gasteiger partial charge in [0.15, 0.2) is 5.76 Å². The average molecular weight is 422 g/mol. The van der Waals surface area contributed by atoms with E-state index in [0.29, 0.717) is 34.6 Å². The van der Waals surface area contributed by atoms with Crippen LogP contribution < -0.4 is 10.1 Å². The molecular formula is C20H21Cl2N3O3. The van der Waals surface area contributed by atoms with Crippen LogP contribution in [-0.2, 0) is 13.2 Å². The van der Waals surface area contributed by atoms with Crippen LogP contribution in [0.5, 0.6) is 5.75 Å². The summed E-state index contributed by atoms with van der Waals surface area (Å²) < 4.78 is 13.1. The quantitative estimate of drug-likeness (QED) is 0.530. The van der Waals surface area contributed by atoms with E-state index in [9.17, 15) is 4.79 Å². The first kappa shape index (κ1) is 20.3. The Labute approximate surface area is 173 Å². The highest BCUT2D eigenvalue weighted by Crippen LogP contribution is 2.28. The fourth-order valence-corrected chi connectivity index (χ4v) is 3.09. The molecule has 3 rings (SSSR count). The van der Waals surface area contributed by atoms with Crippen molar-refractivity contribution in [1.82, 2.24) is 15.1 Å². The van der Waals surface area contributed by atoms with Crippen molar-refractivity contribution in [1.29, 1.82) is 0 Å². The highest BCUT2D eigenvalue weighted by atomic mass is 35.5. The molecule has 2 heterocycles. The largest absolute Gasteiger partial charge is 0.484 e. The SMILES string of the molecule is Cc1cccc(Cl)c1OCc1ccc(C(=O)NCCCn2cc(Cl)c(C)n2)o1. The third-order valence-corrected chi connectivity index (χ3v) is 4.81. The van der Waals surface area contributed by atoms with E-state index in [1.807, 2.05) is 26.0 Å². The molecule has 0 radical (unpaired) electrons. The van der Waals surface area contributed by atoms with Crippen LogP contribution in [-0.4, -0.2) is 22.2 Å². The number of carbonyl (C=O) groups excluding carboxylic acids is 1. The Morgan fingerprint density at radius 3 is 2.75 bits per heavy atom. The molecule has 0 atom stereocenters. The van der Waals surface area contributed by atoms with Crippen molar-refractivity contribution in [3.8, 4) is 5.75 Å². The van der Waals surface area contributed by atoms with Gasteiger partial charge in [-0.1, -0.05) is 35.3 Å². The summed E-state index contributed by atoms with van der Waals surface area (Å²) in [6.45, 7) is 5.13. The first-order valence-corrected chi connectivity index (χ1v) is 9.64. The summed E-state index contributed by atoms with van der Waals surface area (Å²) in [4.78, 5) is 12.2. The number of nitrogens with zero attached hydrogens (tertiary/aromatic N) is 2. The summed E-state index contributed by atoms with van der Waals surface area (Å²) in [5, 5.41) is 8.28. The van der Waals surface area contributed by atoms with Crippen LogP contribution in [0.25, 0.3) is 0 Å². The smallest absolute Gasteiger partial charge is 0.286 e. The maximum Gasteiger partial charge on any atom is 0.286 e. The molecule has 1 N–H and O–H groups in total. The van der Waals surface area contributed by atoms with E-state index in [1.165, 1.54) is 0 Å². The zero-order valence-electron chi connectivity index (χ0n) is 15.7. The second-order valence-corrected chi connectivity index (χ2v) is 7.19. The number of aromatic nitrogens is 2. The first-order chi connectivity index (χ1) is 13.4. The molecule has 3 aromatic rings. The lowest BCUT2D eigenvalue weighted by atomic mass is 10.2. The van der Waals surface area contributed by atoms with Crippen molar-refractivity contribution < 1.29 is 13.9 Å². The maximum absolute atomic E-state index is 12.2. The lowest BCUT2D eigenvalue weighted by Gasteiger charge is -2.09. The molecule has 0 aliphatic carbocycles. The molecule has 0 aliphatic rings. The van der Waals surface area contributed by atoms with Gasteiger partial charge in [0.1, 0.15) is 18.1 Å². The van der Waals surface area contributed by atoms with Crippen LogP contribution in [0.3, 0.4) is 0 Å². The molecule has 1 amide bonds. The Morgan fingerprint density at radius 2 is 2.04 bits per heavy atom. The number of hydrogen-bond acceptors (Lipinski definition) is 4. The van der Waals surface area contributed by atoms with Gasteiger partial charge in [-0.3, -0.25) is 9.48 Å². The number of carbonyl (C=O) groups is 1. The van der Waals surface area contributed by atoms with Gasteiger partial charge in [0.2, 0.25) is 0 Å². The molecule has 0 bridgehead atoms. The van der Waals surface area contributed by atoms with Crippen molar-refractivity contribution in [3.63, 3.8) is 0 Å². The van der Waals surface area contributed by atoms with Gasteiger partial charge in [0.05, 0.1) is 15.7 Å². The highest BCUT2D eigenvalue weighted by Gasteiger charge is 2.12. The van der Waals surface area contributed by atoms with Crippen LogP contribution in [0.2, 0.25) is 10.0 Å². The number of halogens is 2. The lowest BCUT2D eigenvalue weighted by molar-refractivity contribution is 0.0920. The molecule has 6 nitrogen and oxygen atoms in total. The van der Waals surface area contributed by atoms with E-state index in [2.05, 4.69) is 10.4 Å². The van der Waals surface area contributed by atoms with Gasteiger partial charge in [-0.15, -0.1) is 0 Å². The van der Waals surface area contributed by atoms with Crippen LogP contribution in [0.15, 0.2) is 40.9 Å². The number of hydrogen-bond donors (Lipinski definition) is 1. The monoisotopic (exact) mass is 421 g/mol. The molecule has 148 valence electrons. The normalized spacial score (nSPS) is 10.9. The van der Waals surface area contributed by atoms with E-state index >= 15 is 0 Å². The molecule has 8 heteroatoms. The van der Waals surface area contributed by atoms with Crippen LogP contribution in [0, 0.1) is 13.8 Å². The van der Waals surface area contributed by atoms with E-state index in [-0.39, 0.29) is 18.3 Å². The first-order valence-electron chi connectivity index (χ1n) is 8.88. The van der Waals surface area contributed by atoms with Crippen LogP contribution in [0.4, 0.5) is 0 Å². The van der Waals surface area contributed by atoms with Gasteiger partial charge in [0, 0.05) is 19.3 Å².